The molecule has 2 unspecified atom stereocenters. The second-order valence-electron chi connectivity index (χ2n) is 19.5. The number of carbonyl (C=O) groups is 4. The zero-order valence-electron chi connectivity index (χ0n) is 37.3. The van der Waals surface area contributed by atoms with E-state index in [1.807, 2.05) is 60.7 Å². The van der Waals surface area contributed by atoms with Crippen LogP contribution < -0.4 is 5.48 Å². The van der Waals surface area contributed by atoms with Gasteiger partial charge in [0.2, 0.25) is 12.7 Å². The minimum absolute atomic E-state index is 0.0414. The minimum Gasteiger partial charge on any atom is -0.461 e. The Morgan fingerprint density at radius 2 is 1.43 bits per heavy atom. The van der Waals surface area contributed by atoms with Gasteiger partial charge in [-0.05, 0) is 146 Å². The number of aliphatic hydroxyl groups is 2. The highest BCUT2D eigenvalue weighted by molar-refractivity contribution is 5.89. The van der Waals surface area contributed by atoms with Crippen LogP contribution in [0.2, 0.25) is 0 Å². The Morgan fingerprint density at radius 3 is 2.14 bits per heavy atom. The molecule has 63 heavy (non-hydrogen) atoms. The SMILES string of the molecule is CC(CCC(=O)OCOC(=O)c1ccc(CC(CCC(=O)NOCc2ccccc2)C(=O)OCc2ccccc2)cc1)[C@H]1CC[C@H]2[C@@H]3CC[C@@H]4C[C@H](O)CC[C@]4(C)[C@H]3C[C@H](O)[C@]12C. The molecule has 1 amide bonds. The normalized spacial score (nSPS) is 29.5. The molecule has 4 aliphatic carbocycles. The van der Waals surface area contributed by atoms with Gasteiger partial charge in [-0.2, -0.15) is 0 Å². The molecule has 0 aliphatic heterocycles. The number of aliphatic hydroxyl groups excluding tert-OH is 2. The fourth-order valence-corrected chi connectivity index (χ4v) is 12.4. The summed E-state index contributed by atoms with van der Waals surface area (Å²) >= 11 is 0. The fraction of sp³-hybridized carbons (Fsp3) is 0.577. The van der Waals surface area contributed by atoms with Crippen LogP contribution in [-0.4, -0.2) is 53.0 Å². The summed E-state index contributed by atoms with van der Waals surface area (Å²) in [6, 6.07) is 25.5. The first-order valence-corrected chi connectivity index (χ1v) is 23.3. The summed E-state index contributed by atoms with van der Waals surface area (Å²) in [5.74, 6) is 0.150. The van der Waals surface area contributed by atoms with Gasteiger partial charge >= 0.3 is 17.9 Å². The average molecular weight is 866 g/mol. The highest BCUT2D eigenvalue weighted by Crippen LogP contribution is 2.68. The molecule has 0 saturated heterocycles. The minimum atomic E-state index is -0.643. The molecule has 340 valence electrons. The molecule has 0 radical (unpaired) electrons. The molecule has 4 fully saturated rings. The summed E-state index contributed by atoms with van der Waals surface area (Å²) in [5.41, 5.74) is 5.26. The van der Waals surface area contributed by atoms with Gasteiger partial charge in [0.05, 0.1) is 30.3 Å². The van der Waals surface area contributed by atoms with E-state index in [0.717, 1.165) is 55.2 Å². The molecule has 4 aliphatic rings. The summed E-state index contributed by atoms with van der Waals surface area (Å²) in [5, 5.41) is 22.3. The maximum Gasteiger partial charge on any atom is 0.340 e. The lowest BCUT2D eigenvalue weighted by molar-refractivity contribution is -0.175. The Labute approximate surface area is 372 Å². The van der Waals surface area contributed by atoms with E-state index in [-0.39, 0.29) is 79.3 Å². The molecule has 0 aromatic heterocycles. The molecule has 0 spiro atoms. The van der Waals surface area contributed by atoms with Crippen LogP contribution in [0, 0.1) is 52.3 Å². The Kier molecular flexibility index (Phi) is 15.4. The summed E-state index contributed by atoms with van der Waals surface area (Å²) in [7, 11) is 0. The third-order valence-corrected chi connectivity index (χ3v) is 15.9. The number of ether oxygens (including phenoxy) is 3. The second kappa shape index (κ2) is 20.9. The van der Waals surface area contributed by atoms with Gasteiger partial charge in [0.15, 0.2) is 0 Å². The van der Waals surface area contributed by atoms with Crippen LogP contribution in [0.25, 0.3) is 0 Å². The van der Waals surface area contributed by atoms with Crippen molar-refractivity contribution in [3.63, 3.8) is 0 Å². The highest BCUT2D eigenvalue weighted by Gasteiger charge is 2.63. The van der Waals surface area contributed by atoms with E-state index >= 15 is 0 Å². The lowest BCUT2D eigenvalue weighted by Gasteiger charge is -2.62. The number of amides is 1. The van der Waals surface area contributed by atoms with Crippen LogP contribution in [-0.2, 0) is 53.1 Å². The molecule has 3 N–H and O–H groups in total. The monoisotopic (exact) mass is 865 g/mol. The van der Waals surface area contributed by atoms with E-state index < -0.39 is 30.6 Å². The predicted molar refractivity (Wildman–Crippen MR) is 236 cm³/mol. The Bertz CT molecular complexity index is 1990. The van der Waals surface area contributed by atoms with Gasteiger partial charge < -0.3 is 24.4 Å². The predicted octanol–water partition coefficient (Wildman–Crippen LogP) is 8.68. The van der Waals surface area contributed by atoms with Crippen LogP contribution in [0.3, 0.4) is 0 Å². The van der Waals surface area contributed by atoms with E-state index in [2.05, 4.69) is 26.3 Å². The Hall–Kier alpha value is -4.58. The van der Waals surface area contributed by atoms with Gasteiger partial charge in [-0.25, -0.2) is 10.3 Å². The van der Waals surface area contributed by atoms with Crippen molar-refractivity contribution in [2.24, 2.45) is 52.3 Å². The van der Waals surface area contributed by atoms with E-state index in [0.29, 0.717) is 36.0 Å². The van der Waals surface area contributed by atoms with Crippen LogP contribution >= 0.6 is 0 Å². The lowest BCUT2D eigenvalue weighted by atomic mass is 9.43. The largest absolute Gasteiger partial charge is 0.461 e. The number of carbonyl (C=O) groups excluding carboxylic acids is 4. The van der Waals surface area contributed by atoms with Gasteiger partial charge in [-0.3, -0.25) is 19.2 Å². The van der Waals surface area contributed by atoms with Crippen molar-refractivity contribution >= 4 is 23.8 Å². The molecule has 11 nitrogen and oxygen atoms in total. The van der Waals surface area contributed by atoms with Crippen molar-refractivity contribution in [1.82, 2.24) is 5.48 Å². The van der Waals surface area contributed by atoms with E-state index in [1.54, 1.807) is 24.3 Å². The molecule has 0 bridgehead atoms. The van der Waals surface area contributed by atoms with Crippen molar-refractivity contribution < 1.29 is 48.4 Å². The summed E-state index contributed by atoms with van der Waals surface area (Å²) < 4.78 is 16.3. The summed E-state index contributed by atoms with van der Waals surface area (Å²) in [4.78, 5) is 57.1. The smallest absolute Gasteiger partial charge is 0.340 e. The number of benzene rings is 3. The quantitative estimate of drug-likeness (QED) is 0.0642. The third-order valence-electron chi connectivity index (χ3n) is 15.9. The number of hydrogen-bond acceptors (Lipinski definition) is 10. The molecule has 7 rings (SSSR count). The van der Waals surface area contributed by atoms with Gasteiger partial charge in [0.1, 0.15) is 6.61 Å². The van der Waals surface area contributed by atoms with Crippen LogP contribution in [0.5, 0.6) is 0 Å². The summed E-state index contributed by atoms with van der Waals surface area (Å²) in [6.45, 7) is 6.77. The van der Waals surface area contributed by atoms with E-state index in [9.17, 15) is 29.4 Å². The van der Waals surface area contributed by atoms with Gasteiger partial charge in [-0.15, -0.1) is 0 Å². The van der Waals surface area contributed by atoms with Crippen LogP contribution in [0.4, 0.5) is 0 Å². The van der Waals surface area contributed by atoms with E-state index in [4.69, 9.17) is 19.0 Å². The van der Waals surface area contributed by atoms with Gasteiger partial charge in [0, 0.05) is 12.8 Å². The highest BCUT2D eigenvalue weighted by atomic mass is 16.7. The Morgan fingerprint density at radius 1 is 0.730 bits per heavy atom. The average Bonchev–Trinajstić information content (AvgIpc) is 3.66. The number of nitrogens with one attached hydrogen (secondary N) is 1. The van der Waals surface area contributed by atoms with Crippen molar-refractivity contribution in [3.05, 3.63) is 107 Å². The molecule has 11 heteroatoms. The van der Waals surface area contributed by atoms with Crippen molar-refractivity contribution in [2.45, 2.75) is 130 Å². The van der Waals surface area contributed by atoms with Gasteiger partial charge in [0.25, 0.3) is 0 Å². The molecule has 4 saturated carbocycles. The first-order valence-electron chi connectivity index (χ1n) is 23.3. The number of esters is 3. The topological polar surface area (TPSA) is 158 Å². The first-order chi connectivity index (χ1) is 30.3. The van der Waals surface area contributed by atoms with Crippen molar-refractivity contribution in [3.8, 4) is 0 Å². The maximum atomic E-state index is 13.3. The molecule has 3 aromatic carbocycles. The number of hydrogen-bond donors (Lipinski definition) is 3. The van der Waals surface area contributed by atoms with Crippen LogP contribution in [0.1, 0.15) is 125 Å². The molecule has 0 heterocycles. The standard InChI is InChI=1S/C52H67NO10/c1-34(43-22-23-44-42-21-20-40-29-41(54)26-27-51(40,2)45(42)30-46(55)52(43,44)3)14-25-48(57)61-33-62-49(58)38-17-15-35(16-18-38)28-39(50(59)60-31-36-10-6-4-7-11-36)19-24-47(56)53-63-32-37-12-8-5-9-13-37/h4-13,15-18,34,39-46,54-55H,14,19-33H2,1-3H3,(H,53,56)/t34?,39?,40-,41-,42+,43-,44+,45+,46+,51+,52-/m1/s1. The third kappa shape index (κ3) is 11.0. The van der Waals surface area contributed by atoms with Crippen LogP contribution in [0.15, 0.2) is 84.9 Å². The molecule has 3 aromatic rings. The number of fused-ring (bicyclic) bond motifs is 5. The lowest BCUT2D eigenvalue weighted by Crippen LogP contribution is -2.58. The van der Waals surface area contributed by atoms with E-state index in [1.165, 1.54) is 12.8 Å². The molecular weight excluding hydrogens is 799 g/mol. The van der Waals surface area contributed by atoms with Crippen molar-refractivity contribution in [2.75, 3.05) is 6.79 Å². The maximum absolute atomic E-state index is 13.3. The Balaban J connectivity index is 0.852. The van der Waals surface area contributed by atoms with Crippen molar-refractivity contribution in [1.29, 1.82) is 0 Å². The van der Waals surface area contributed by atoms with Gasteiger partial charge in [-0.1, -0.05) is 93.6 Å². The number of rotatable bonds is 18. The first kappa shape index (κ1) is 46.4. The zero-order valence-corrected chi connectivity index (χ0v) is 37.3. The number of hydroxylamine groups is 1. The molecule has 11 atom stereocenters. The zero-order chi connectivity index (χ0) is 44.6. The fourth-order valence-electron chi connectivity index (χ4n) is 12.4. The second-order valence-corrected chi connectivity index (χ2v) is 19.5. The summed E-state index contributed by atoms with van der Waals surface area (Å²) in [6.07, 6.45) is 8.97. The molecular formula is C52H67NO10.